The van der Waals surface area contributed by atoms with Crippen molar-refractivity contribution in [3.63, 3.8) is 0 Å². The Morgan fingerprint density at radius 3 is 2.88 bits per heavy atom. The fourth-order valence-corrected chi connectivity index (χ4v) is 2.53. The van der Waals surface area contributed by atoms with E-state index in [4.69, 9.17) is 28.0 Å². The summed E-state index contributed by atoms with van der Waals surface area (Å²) in [5, 5.41) is 21.5. The van der Waals surface area contributed by atoms with Gasteiger partial charge in [-0.2, -0.15) is 0 Å². The second kappa shape index (κ2) is 7.96. The summed E-state index contributed by atoms with van der Waals surface area (Å²) < 4.78 is 0. The van der Waals surface area contributed by atoms with Gasteiger partial charge in [0.2, 0.25) is 0 Å². The van der Waals surface area contributed by atoms with E-state index in [1.807, 2.05) is 37.3 Å². The van der Waals surface area contributed by atoms with Gasteiger partial charge in [-0.1, -0.05) is 52.6 Å². The molecule has 3 rings (SSSR count). The molecule has 0 aliphatic rings. The van der Waals surface area contributed by atoms with Crippen LogP contribution in [0.3, 0.4) is 0 Å². The van der Waals surface area contributed by atoms with E-state index in [1.165, 1.54) is 0 Å². The molecule has 0 bridgehead atoms. The maximum atomic E-state index is 6.36. The number of oxime groups is 1. The van der Waals surface area contributed by atoms with E-state index in [-0.39, 0.29) is 6.61 Å². The van der Waals surface area contributed by atoms with Crippen LogP contribution < -0.4 is 5.32 Å². The van der Waals surface area contributed by atoms with Gasteiger partial charge in [0, 0.05) is 11.3 Å². The number of aromatic nitrogens is 4. The molecule has 2 aromatic carbocycles. The summed E-state index contributed by atoms with van der Waals surface area (Å²) in [6.07, 6.45) is 1.59. The van der Waals surface area contributed by atoms with Gasteiger partial charge in [-0.25, -0.2) is 5.10 Å². The van der Waals surface area contributed by atoms with Crippen molar-refractivity contribution in [1.82, 2.24) is 20.6 Å². The van der Waals surface area contributed by atoms with E-state index in [0.717, 1.165) is 16.8 Å². The summed E-state index contributed by atoms with van der Waals surface area (Å²) in [4.78, 5) is 5.17. The number of anilines is 2. The Morgan fingerprint density at radius 2 is 2.08 bits per heavy atom. The molecule has 0 aliphatic carbocycles. The van der Waals surface area contributed by atoms with Crippen molar-refractivity contribution < 1.29 is 4.84 Å². The Balaban J connectivity index is 1.76. The molecule has 0 amide bonds. The zero-order chi connectivity index (χ0) is 17.6. The van der Waals surface area contributed by atoms with Crippen molar-refractivity contribution in [1.29, 1.82) is 0 Å². The van der Waals surface area contributed by atoms with Crippen LogP contribution in [0, 0.1) is 6.92 Å². The largest absolute Gasteiger partial charge is 0.387 e. The van der Waals surface area contributed by atoms with Gasteiger partial charge >= 0.3 is 0 Å². The van der Waals surface area contributed by atoms with E-state index in [2.05, 4.69) is 31.1 Å². The number of halogens is 2. The zero-order valence-corrected chi connectivity index (χ0v) is 14.7. The molecule has 7 nitrogen and oxygen atoms in total. The van der Waals surface area contributed by atoms with Gasteiger partial charge in [-0.3, -0.25) is 0 Å². The predicted molar refractivity (Wildman–Crippen MR) is 97.5 cm³/mol. The van der Waals surface area contributed by atoms with Gasteiger partial charge in [0.15, 0.2) is 12.4 Å². The molecule has 9 heteroatoms. The minimum Gasteiger partial charge on any atom is -0.387 e. The lowest BCUT2D eigenvalue weighted by Gasteiger charge is -2.14. The molecule has 3 aromatic rings. The summed E-state index contributed by atoms with van der Waals surface area (Å²) in [5.41, 5.74) is 3.19. The van der Waals surface area contributed by atoms with Gasteiger partial charge in [-0.05, 0) is 35.0 Å². The lowest BCUT2D eigenvalue weighted by Crippen LogP contribution is -1.98. The highest BCUT2D eigenvalue weighted by Gasteiger charge is 2.10. The normalized spacial score (nSPS) is 11.0. The number of para-hydroxylation sites is 1. The summed E-state index contributed by atoms with van der Waals surface area (Å²) >= 11 is 12.6. The number of tetrazole rings is 1. The van der Waals surface area contributed by atoms with Crippen LogP contribution in [0.4, 0.5) is 11.4 Å². The number of H-pyrrole nitrogens is 1. The van der Waals surface area contributed by atoms with E-state index < -0.39 is 0 Å². The predicted octanol–water partition coefficient (Wildman–Crippen LogP) is 4.11. The zero-order valence-electron chi connectivity index (χ0n) is 13.2. The summed E-state index contributed by atoms with van der Waals surface area (Å²) in [6.45, 7) is 2.07. The smallest absolute Gasteiger partial charge is 0.189 e. The van der Waals surface area contributed by atoms with Gasteiger partial charge < -0.3 is 10.2 Å². The van der Waals surface area contributed by atoms with Crippen LogP contribution in [0.1, 0.15) is 17.0 Å². The summed E-state index contributed by atoms with van der Waals surface area (Å²) in [7, 11) is 0. The van der Waals surface area contributed by atoms with Crippen molar-refractivity contribution in [3.8, 4) is 0 Å². The fourth-order valence-electron chi connectivity index (χ4n) is 2.06. The molecule has 0 fully saturated rings. The maximum Gasteiger partial charge on any atom is 0.189 e. The van der Waals surface area contributed by atoms with E-state index >= 15 is 0 Å². The first-order valence-corrected chi connectivity index (χ1v) is 8.09. The molecule has 0 saturated heterocycles. The SMILES string of the molecule is Cc1ccc(Cl)c(Nc2ccccc2C=NOCc2nnn[nH]2)c1Cl. The van der Waals surface area contributed by atoms with Crippen LogP contribution in [-0.2, 0) is 11.4 Å². The molecule has 0 atom stereocenters. The first-order valence-electron chi connectivity index (χ1n) is 7.33. The van der Waals surface area contributed by atoms with Gasteiger partial charge in [0.05, 0.1) is 21.9 Å². The number of aromatic amines is 1. The summed E-state index contributed by atoms with van der Waals surface area (Å²) in [5.74, 6) is 0.488. The number of nitrogens with zero attached hydrogens (tertiary/aromatic N) is 4. The highest BCUT2D eigenvalue weighted by molar-refractivity contribution is 6.39. The molecular formula is C16H14Cl2N6O. The lowest BCUT2D eigenvalue weighted by atomic mass is 10.1. The van der Waals surface area contributed by atoms with Crippen molar-refractivity contribution in [2.45, 2.75) is 13.5 Å². The van der Waals surface area contributed by atoms with Crippen LogP contribution >= 0.6 is 23.2 Å². The number of hydrogen-bond acceptors (Lipinski definition) is 6. The Bertz CT molecular complexity index is 882. The van der Waals surface area contributed by atoms with Crippen LogP contribution in [0.2, 0.25) is 10.0 Å². The van der Waals surface area contributed by atoms with E-state index in [1.54, 1.807) is 12.3 Å². The Morgan fingerprint density at radius 1 is 1.24 bits per heavy atom. The fraction of sp³-hybridized carbons (Fsp3) is 0.125. The molecule has 1 aromatic heterocycles. The summed E-state index contributed by atoms with van der Waals surface area (Å²) in [6, 6.07) is 11.3. The molecule has 0 radical (unpaired) electrons. The van der Waals surface area contributed by atoms with Gasteiger partial charge in [0.1, 0.15) is 0 Å². The molecular weight excluding hydrogens is 363 g/mol. The second-order valence-corrected chi connectivity index (χ2v) is 5.91. The standard InChI is InChI=1S/C16H14Cl2N6O/c1-10-6-7-12(17)16(15(10)18)20-13-5-3-2-4-11(13)8-19-25-9-14-21-23-24-22-14/h2-8,20H,9H2,1H3,(H,21,22,23,24). The second-order valence-electron chi connectivity index (χ2n) is 5.12. The van der Waals surface area contributed by atoms with Crippen LogP contribution in [0.25, 0.3) is 0 Å². The van der Waals surface area contributed by atoms with Crippen LogP contribution in [-0.4, -0.2) is 26.8 Å². The van der Waals surface area contributed by atoms with Crippen molar-refractivity contribution in [2.75, 3.05) is 5.32 Å². The molecule has 2 N–H and O–H groups in total. The van der Waals surface area contributed by atoms with Gasteiger partial charge in [-0.15, -0.1) is 5.10 Å². The van der Waals surface area contributed by atoms with Crippen LogP contribution in [0.5, 0.6) is 0 Å². The molecule has 128 valence electrons. The highest BCUT2D eigenvalue weighted by atomic mass is 35.5. The van der Waals surface area contributed by atoms with E-state index in [0.29, 0.717) is 21.6 Å². The lowest BCUT2D eigenvalue weighted by molar-refractivity contribution is 0.126. The Labute approximate surface area is 154 Å². The Kier molecular flexibility index (Phi) is 5.47. The van der Waals surface area contributed by atoms with Crippen LogP contribution in [0.15, 0.2) is 41.6 Å². The minimum absolute atomic E-state index is 0.147. The highest BCUT2D eigenvalue weighted by Crippen LogP contribution is 2.35. The average Bonchev–Trinajstić information content (AvgIpc) is 3.13. The maximum absolute atomic E-state index is 6.36. The number of rotatable bonds is 6. The van der Waals surface area contributed by atoms with Crippen molar-refractivity contribution in [2.24, 2.45) is 5.16 Å². The number of benzene rings is 2. The number of hydrogen-bond donors (Lipinski definition) is 2. The Hall–Kier alpha value is -2.64. The third-order valence-corrected chi connectivity index (χ3v) is 4.16. The minimum atomic E-state index is 0.147. The third-order valence-electron chi connectivity index (χ3n) is 3.36. The first-order chi connectivity index (χ1) is 12.1. The average molecular weight is 377 g/mol. The molecule has 0 unspecified atom stereocenters. The third kappa shape index (κ3) is 4.26. The van der Waals surface area contributed by atoms with E-state index in [9.17, 15) is 0 Å². The van der Waals surface area contributed by atoms with Gasteiger partial charge in [0.25, 0.3) is 0 Å². The molecule has 0 aliphatic heterocycles. The number of aryl methyl sites for hydroxylation is 1. The first kappa shape index (κ1) is 17.2. The molecule has 0 spiro atoms. The quantitative estimate of drug-likeness (QED) is 0.499. The molecule has 1 heterocycles. The van der Waals surface area contributed by atoms with Crippen molar-refractivity contribution in [3.05, 3.63) is 63.4 Å². The molecule has 25 heavy (non-hydrogen) atoms. The van der Waals surface area contributed by atoms with Crippen molar-refractivity contribution >= 4 is 40.8 Å². The molecule has 0 saturated carbocycles. The topological polar surface area (TPSA) is 88.1 Å². The monoisotopic (exact) mass is 376 g/mol. The number of nitrogens with one attached hydrogen (secondary N) is 2.